The first kappa shape index (κ1) is 15.2. The third-order valence-electron chi connectivity index (χ3n) is 2.66. The van der Waals surface area contributed by atoms with Crippen molar-refractivity contribution in [2.45, 2.75) is 40.2 Å². The van der Waals surface area contributed by atoms with Crippen molar-refractivity contribution in [1.29, 1.82) is 0 Å². The Kier molecular flexibility index (Phi) is 5.03. The molecular weight excluding hydrogens is 266 g/mol. The van der Waals surface area contributed by atoms with Gasteiger partial charge in [0.15, 0.2) is 5.82 Å². The zero-order chi connectivity index (χ0) is 15.2. The average Bonchev–Trinajstić information content (AvgIpc) is 2.45. The summed E-state index contributed by atoms with van der Waals surface area (Å²) in [6, 6.07) is 4.20. The summed E-state index contributed by atoms with van der Waals surface area (Å²) in [5.74, 6) is 1.09. The molecule has 0 amide bonds. The average molecular weight is 287 g/mol. The third kappa shape index (κ3) is 4.37. The van der Waals surface area contributed by atoms with Gasteiger partial charge in [0.25, 0.3) is 0 Å². The van der Waals surface area contributed by atoms with Crippen molar-refractivity contribution in [3.8, 4) is 17.4 Å². The van der Waals surface area contributed by atoms with Crippen molar-refractivity contribution < 1.29 is 4.74 Å². The maximum Gasteiger partial charge on any atom is 0.322 e. The predicted molar refractivity (Wildman–Crippen MR) is 82.3 cm³/mol. The number of aryl methyl sites for hydroxylation is 1. The van der Waals surface area contributed by atoms with Crippen LogP contribution in [0.3, 0.4) is 0 Å². The second-order valence-electron chi connectivity index (χ2n) is 5.05. The van der Waals surface area contributed by atoms with E-state index in [-0.39, 0.29) is 6.10 Å². The van der Waals surface area contributed by atoms with Gasteiger partial charge in [-0.1, -0.05) is 6.92 Å². The van der Waals surface area contributed by atoms with Crippen LogP contribution in [0.5, 0.6) is 6.01 Å². The van der Waals surface area contributed by atoms with Crippen LogP contribution >= 0.6 is 0 Å². The van der Waals surface area contributed by atoms with E-state index < -0.39 is 0 Å². The molecule has 0 spiro atoms. The van der Waals surface area contributed by atoms with Gasteiger partial charge in [0, 0.05) is 24.0 Å². The number of nitrogens with one attached hydrogen (secondary N) is 1. The van der Waals surface area contributed by atoms with Gasteiger partial charge in [0.05, 0.1) is 6.10 Å². The van der Waals surface area contributed by atoms with Crippen molar-refractivity contribution in [3.63, 3.8) is 0 Å². The maximum absolute atomic E-state index is 5.60. The molecule has 0 aromatic carbocycles. The molecule has 6 nitrogen and oxygen atoms in total. The summed E-state index contributed by atoms with van der Waals surface area (Å²) < 4.78 is 5.60. The standard InChI is InChI=1S/C15H21N5O/c1-5-8-16-14-18-13(12-7-6-11(4)17-9-12)19-15(20-14)21-10(2)3/h6-7,9-10H,5,8H2,1-4H3,(H,16,18,19,20). The molecule has 0 bridgehead atoms. The van der Waals surface area contributed by atoms with Gasteiger partial charge in [0.2, 0.25) is 5.95 Å². The lowest BCUT2D eigenvalue weighted by Gasteiger charge is -2.11. The Morgan fingerprint density at radius 2 is 2.00 bits per heavy atom. The number of nitrogens with zero attached hydrogens (tertiary/aromatic N) is 4. The molecule has 2 heterocycles. The van der Waals surface area contributed by atoms with E-state index in [2.05, 4.69) is 32.2 Å². The molecule has 0 atom stereocenters. The van der Waals surface area contributed by atoms with Gasteiger partial charge < -0.3 is 10.1 Å². The van der Waals surface area contributed by atoms with Crippen LogP contribution in [-0.4, -0.2) is 32.6 Å². The van der Waals surface area contributed by atoms with Crippen molar-refractivity contribution >= 4 is 5.95 Å². The fourth-order valence-corrected chi connectivity index (χ4v) is 1.67. The van der Waals surface area contributed by atoms with Gasteiger partial charge >= 0.3 is 6.01 Å². The first-order valence-electron chi connectivity index (χ1n) is 7.18. The fraction of sp³-hybridized carbons (Fsp3) is 0.467. The highest BCUT2D eigenvalue weighted by molar-refractivity contribution is 5.55. The highest BCUT2D eigenvalue weighted by Gasteiger charge is 2.10. The summed E-state index contributed by atoms with van der Waals surface area (Å²) in [7, 11) is 0. The Morgan fingerprint density at radius 3 is 2.62 bits per heavy atom. The lowest BCUT2D eigenvalue weighted by atomic mass is 10.2. The Hall–Kier alpha value is -2.24. The molecule has 2 aromatic rings. The van der Waals surface area contributed by atoms with Crippen LogP contribution < -0.4 is 10.1 Å². The maximum atomic E-state index is 5.60. The number of pyridine rings is 1. The minimum absolute atomic E-state index is 0.00965. The van der Waals surface area contributed by atoms with Gasteiger partial charge in [-0.3, -0.25) is 4.98 Å². The van der Waals surface area contributed by atoms with Crippen LogP contribution in [0.15, 0.2) is 18.3 Å². The van der Waals surface area contributed by atoms with E-state index in [0.717, 1.165) is 24.2 Å². The summed E-state index contributed by atoms with van der Waals surface area (Å²) in [6.07, 6.45) is 2.76. The largest absolute Gasteiger partial charge is 0.461 e. The SMILES string of the molecule is CCCNc1nc(OC(C)C)nc(-c2ccc(C)nc2)n1. The van der Waals surface area contributed by atoms with Crippen LogP contribution in [0.1, 0.15) is 32.9 Å². The monoisotopic (exact) mass is 287 g/mol. The van der Waals surface area contributed by atoms with Crippen LogP contribution in [0.4, 0.5) is 5.95 Å². The molecule has 2 aromatic heterocycles. The molecule has 0 aliphatic heterocycles. The highest BCUT2D eigenvalue weighted by atomic mass is 16.5. The highest BCUT2D eigenvalue weighted by Crippen LogP contribution is 2.18. The second-order valence-corrected chi connectivity index (χ2v) is 5.05. The van der Waals surface area contributed by atoms with Gasteiger partial charge in [-0.2, -0.15) is 15.0 Å². The molecular formula is C15H21N5O. The Balaban J connectivity index is 2.36. The van der Waals surface area contributed by atoms with Gasteiger partial charge in [-0.05, 0) is 39.3 Å². The van der Waals surface area contributed by atoms with Crippen LogP contribution in [0, 0.1) is 6.92 Å². The summed E-state index contributed by atoms with van der Waals surface area (Å²) in [6.45, 7) is 8.71. The van der Waals surface area contributed by atoms with E-state index in [1.54, 1.807) is 6.20 Å². The fourth-order valence-electron chi connectivity index (χ4n) is 1.67. The third-order valence-corrected chi connectivity index (χ3v) is 2.66. The molecule has 0 fully saturated rings. The molecule has 0 radical (unpaired) electrons. The van der Waals surface area contributed by atoms with Gasteiger partial charge in [-0.25, -0.2) is 0 Å². The summed E-state index contributed by atoms with van der Waals surface area (Å²) >= 11 is 0. The summed E-state index contributed by atoms with van der Waals surface area (Å²) in [5, 5.41) is 3.17. The van der Waals surface area contributed by atoms with Crippen molar-refractivity contribution in [1.82, 2.24) is 19.9 Å². The number of hydrogen-bond donors (Lipinski definition) is 1. The smallest absolute Gasteiger partial charge is 0.322 e. The van der Waals surface area contributed by atoms with Crippen LogP contribution in [0.25, 0.3) is 11.4 Å². The lowest BCUT2D eigenvalue weighted by Crippen LogP contribution is -2.12. The molecule has 0 aliphatic rings. The normalized spacial score (nSPS) is 10.7. The zero-order valence-electron chi connectivity index (χ0n) is 12.9. The number of rotatable bonds is 6. The van der Waals surface area contributed by atoms with Crippen molar-refractivity contribution in [2.24, 2.45) is 0 Å². The molecule has 1 N–H and O–H groups in total. The Labute approximate surface area is 125 Å². The van der Waals surface area contributed by atoms with E-state index in [1.165, 1.54) is 0 Å². The number of anilines is 1. The van der Waals surface area contributed by atoms with E-state index in [9.17, 15) is 0 Å². The first-order chi connectivity index (χ1) is 10.1. The zero-order valence-corrected chi connectivity index (χ0v) is 12.9. The van der Waals surface area contributed by atoms with Crippen molar-refractivity contribution in [3.05, 3.63) is 24.0 Å². The van der Waals surface area contributed by atoms with E-state index in [4.69, 9.17) is 4.74 Å². The van der Waals surface area contributed by atoms with E-state index in [1.807, 2.05) is 32.9 Å². The molecule has 6 heteroatoms. The lowest BCUT2D eigenvalue weighted by molar-refractivity contribution is 0.222. The van der Waals surface area contributed by atoms with Crippen LogP contribution in [-0.2, 0) is 0 Å². The molecule has 0 saturated carbocycles. The van der Waals surface area contributed by atoms with Gasteiger partial charge in [0.1, 0.15) is 0 Å². The minimum atomic E-state index is 0.00965. The molecule has 2 rings (SSSR count). The Bertz CT molecular complexity index is 583. The van der Waals surface area contributed by atoms with E-state index >= 15 is 0 Å². The summed E-state index contributed by atoms with van der Waals surface area (Å²) in [4.78, 5) is 17.3. The van der Waals surface area contributed by atoms with Crippen LogP contribution in [0.2, 0.25) is 0 Å². The van der Waals surface area contributed by atoms with Crippen molar-refractivity contribution in [2.75, 3.05) is 11.9 Å². The predicted octanol–water partition coefficient (Wildman–Crippen LogP) is 2.85. The number of aromatic nitrogens is 4. The first-order valence-corrected chi connectivity index (χ1v) is 7.18. The van der Waals surface area contributed by atoms with E-state index in [0.29, 0.717) is 17.8 Å². The minimum Gasteiger partial charge on any atom is -0.461 e. The molecule has 0 unspecified atom stereocenters. The second kappa shape index (κ2) is 6.97. The quantitative estimate of drug-likeness (QED) is 0.880. The summed E-state index contributed by atoms with van der Waals surface area (Å²) in [5.41, 5.74) is 1.80. The molecule has 21 heavy (non-hydrogen) atoms. The number of ether oxygens (including phenoxy) is 1. The Morgan fingerprint density at radius 1 is 1.19 bits per heavy atom. The molecule has 0 saturated heterocycles. The molecule has 0 aliphatic carbocycles. The molecule has 112 valence electrons. The van der Waals surface area contributed by atoms with Gasteiger partial charge in [-0.15, -0.1) is 0 Å². The number of hydrogen-bond acceptors (Lipinski definition) is 6. The topological polar surface area (TPSA) is 72.8 Å².